The van der Waals surface area contributed by atoms with Crippen LogP contribution in [0.25, 0.3) is 0 Å². The van der Waals surface area contributed by atoms with E-state index in [1.54, 1.807) is 12.5 Å². The third kappa shape index (κ3) is 2.12. The van der Waals surface area contributed by atoms with E-state index >= 15 is 0 Å². The zero-order valence-electron chi connectivity index (χ0n) is 9.23. The summed E-state index contributed by atoms with van der Waals surface area (Å²) >= 11 is 0. The molecule has 0 aliphatic rings. The van der Waals surface area contributed by atoms with Crippen molar-refractivity contribution >= 4 is 0 Å². The number of hydrogen-bond donors (Lipinski definition) is 0. The number of aryl methyl sites for hydroxylation is 2. The molecule has 0 radical (unpaired) electrons. The number of aromatic nitrogens is 2. The van der Waals surface area contributed by atoms with Gasteiger partial charge in [-0.1, -0.05) is 13.8 Å². The average Bonchev–Trinajstić information content (AvgIpc) is 2.87. The minimum atomic E-state index is 0.805. The van der Waals surface area contributed by atoms with Crippen LogP contribution in [-0.2, 0) is 19.4 Å². The molecule has 0 amide bonds. The lowest BCUT2D eigenvalue weighted by Gasteiger charge is -2.02. The molecule has 0 unspecified atom stereocenters. The topological polar surface area (TPSA) is 31.0 Å². The van der Waals surface area contributed by atoms with Crippen LogP contribution in [0, 0.1) is 0 Å². The van der Waals surface area contributed by atoms with Crippen molar-refractivity contribution in [3.8, 4) is 0 Å². The molecule has 0 bridgehead atoms. The lowest BCUT2D eigenvalue weighted by Crippen LogP contribution is -2.05. The van der Waals surface area contributed by atoms with Gasteiger partial charge in [0.05, 0.1) is 24.8 Å². The first-order valence-corrected chi connectivity index (χ1v) is 5.40. The van der Waals surface area contributed by atoms with Gasteiger partial charge in [0.25, 0.3) is 0 Å². The van der Waals surface area contributed by atoms with Crippen LogP contribution in [0.15, 0.2) is 29.1 Å². The molecule has 2 aromatic rings. The van der Waals surface area contributed by atoms with Gasteiger partial charge in [0, 0.05) is 11.3 Å². The summed E-state index contributed by atoms with van der Waals surface area (Å²) in [5.74, 6) is 0. The van der Waals surface area contributed by atoms with E-state index < -0.39 is 0 Å². The van der Waals surface area contributed by atoms with Crippen molar-refractivity contribution in [1.29, 1.82) is 0 Å². The maximum absolute atomic E-state index is 5.05. The molecule has 80 valence electrons. The predicted molar refractivity (Wildman–Crippen MR) is 58.8 cm³/mol. The van der Waals surface area contributed by atoms with Gasteiger partial charge in [-0.15, -0.1) is 0 Å². The Morgan fingerprint density at radius 1 is 1.33 bits per heavy atom. The number of hydrogen-bond acceptors (Lipinski definition) is 2. The Labute approximate surface area is 89.7 Å². The third-order valence-corrected chi connectivity index (χ3v) is 2.55. The third-order valence-electron chi connectivity index (χ3n) is 2.55. The summed E-state index contributed by atoms with van der Waals surface area (Å²) in [6, 6.07) is 4.16. The summed E-state index contributed by atoms with van der Waals surface area (Å²) in [7, 11) is 0. The van der Waals surface area contributed by atoms with E-state index in [1.165, 1.54) is 5.69 Å². The zero-order chi connectivity index (χ0) is 10.7. The summed E-state index contributed by atoms with van der Waals surface area (Å²) in [6.45, 7) is 5.09. The molecular weight excluding hydrogens is 188 g/mol. The lowest BCUT2D eigenvalue weighted by atomic mass is 10.2. The van der Waals surface area contributed by atoms with Gasteiger partial charge in [0.2, 0.25) is 0 Å². The van der Waals surface area contributed by atoms with E-state index in [4.69, 9.17) is 4.42 Å². The van der Waals surface area contributed by atoms with Crippen molar-refractivity contribution in [3.63, 3.8) is 0 Å². The van der Waals surface area contributed by atoms with Crippen LogP contribution in [0.4, 0.5) is 0 Å². The second-order valence-electron chi connectivity index (χ2n) is 3.62. The Bertz CT molecular complexity index is 415. The molecule has 3 heteroatoms. The Kier molecular flexibility index (Phi) is 2.90. The SMILES string of the molecule is CCc1cc(CC)n(Cc2ccoc2)n1. The van der Waals surface area contributed by atoms with Gasteiger partial charge >= 0.3 is 0 Å². The smallest absolute Gasteiger partial charge is 0.0953 e. The van der Waals surface area contributed by atoms with Crippen molar-refractivity contribution in [3.05, 3.63) is 41.6 Å². The maximum Gasteiger partial charge on any atom is 0.0953 e. The number of furan rings is 1. The van der Waals surface area contributed by atoms with Crippen molar-refractivity contribution < 1.29 is 4.42 Å². The summed E-state index contributed by atoms with van der Waals surface area (Å²) in [5.41, 5.74) is 3.61. The van der Waals surface area contributed by atoms with E-state index in [0.29, 0.717) is 0 Å². The normalized spacial score (nSPS) is 10.8. The fourth-order valence-corrected chi connectivity index (χ4v) is 1.66. The maximum atomic E-state index is 5.05. The Morgan fingerprint density at radius 3 is 2.80 bits per heavy atom. The summed E-state index contributed by atoms with van der Waals surface area (Å²) in [6.07, 6.45) is 5.48. The molecule has 3 nitrogen and oxygen atoms in total. The summed E-state index contributed by atoms with van der Waals surface area (Å²) in [4.78, 5) is 0. The van der Waals surface area contributed by atoms with E-state index in [1.807, 2.05) is 6.07 Å². The van der Waals surface area contributed by atoms with E-state index in [2.05, 4.69) is 29.7 Å². The van der Waals surface area contributed by atoms with Gasteiger partial charge in [-0.25, -0.2) is 0 Å². The fraction of sp³-hybridized carbons (Fsp3) is 0.417. The highest BCUT2D eigenvalue weighted by atomic mass is 16.3. The van der Waals surface area contributed by atoms with E-state index in [-0.39, 0.29) is 0 Å². The van der Waals surface area contributed by atoms with Gasteiger partial charge in [0.15, 0.2) is 0 Å². The van der Waals surface area contributed by atoms with Crippen molar-refractivity contribution in [1.82, 2.24) is 9.78 Å². The van der Waals surface area contributed by atoms with Crippen LogP contribution in [0.1, 0.15) is 30.8 Å². The number of nitrogens with zero attached hydrogens (tertiary/aromatic N) is 2. The van der Waals surface area contributed by atoms with Gasteiger partial charge < -0.3 is 4.42 Å². The molecule has 2 aromatic heterocycles. The minimum Gasteiger partial charge on any atom is -0.472 e. The molecule has 0 aliphatic heterocycles. The van der Waals surface area contributed by atoms with Crippen molar-refractivity contribution in [2.75, 3.05) is 0 Å². The van der Waals surface area contributed by atoms with E-state index in [0.717, 1.165) is 30.6 Å². The lowest BCUT2D eigenvalue weighted by molar-refractivity contribution is 0.557. The van der Waals surface area contributed by atoms with Gasteiger partial charge in [-0.3, -0.25) is 4.68 Å². The molecule has 2 rings (SSSR count). The highest BCUT2D eigenvalue weighted by Crippen LogP contribution is 2.10. The van der Waals surface area contributed by atoms with Crippen LogP contribution >= 0.6 is 0 Å². The molecule has 0 saturated carbocycles. The van der Waals surface area contributed by atoms with E-state index in [9.17, 15) is 0 Å². The largest absolute Gasteiger partial charge is 0.472 e. The van der Waals surface area contributed by atoms with Crippen LogP contribution in [-0.4, -0.2) is 9.78 Å². The van der Waals surface area contributed by atoms with Crippen LogP contribution in [0.2, 0.25) is 0 Å². The van der Waals surface area contributed by atoms with Gasteiger partial charge in [0.1, 0.15) is 0 Å². The summed E-state index contributed by atoms with van der Waals surface area (Å²) < 4.78 is 7.11. The second kappa shape index (κ2) is 4.34. The fourth-order valence-electron chi connectivity index (χ4n) is 1.66. The van der Waals surface area contributed by atoms with Crippen molar-refractivity contribution in [2.24, 2.45) is 0 Å². The Morgan fingerprint density at radius 2 is 2.20 bits per heavy atom. The highest BCUT2D eigenvalue weighted by Gasteiger charge is 2.06. The van der Waals surface area contributed by atoms with Crippen LogP contribution in [0.3, 0.4) is 0 Å². The first kappa shape index (κ1) is 10.0. The highest BCUT2D eigenvalue weighted by molar-refractivity contribution is 5.13. The molecule has 0 aliphatic carbocycles. The minimum absolute atomic E-state index is 0.805. The van der Waals surface area contributed by atoms with Crippen LogP contribution in [0.5, 0.6) is 0 Å². The molecule has 15 heavy (non-hydrogen) atoms. The quantitative estimate of drug-likeness (QED) is 0.766. The summed E-state index contributed by atoms with van der Waals surface area (Å²) in [5, 5.41) is 4.55. The molecule has 0 saturated heterocycles. The number of rotatable bonds is 4. The molecule has 0 fully saturated rings. The average molecular weight is 204 g/mol. The standard InChI is InChI=1S/C12H16N2O/c1-3-11-7-12(4-2)14(13-11)8-10-5-6-15-9-10/h5-7,9H,3-4,8H2,1-2H3. The molecule has 0 aromatic carbocycles. The zero-order valence-corrected chi connectivity index (χ0v) is 9.23. The van der Waals surface area contributed by atoms with Crippen molar-refractivity contribution in [2.45, 2.75) is 33.2 Å². The second-order valence-corrected chi connectivity index (χ2v) is 3.62. The van der Waals surface area contributed by atoms with Crippen LogP contribution < -0.4 is 0 Å². The predicted octanol–water partition coefficient (Wildman–Crippen LogP) is 2.65. The molecule has 2 heterocycles. The Balaban J connectivity index is 2.23. The first-order chi connectivity index (χ1) is 7.33. The molecule has 0 N–H and O–H groups in total. The molecule has 0 atom stereocenters. The monoisotopic (exact) mass is 204 g/mol. The Hall–Kier alpha value is -1.51. The first-order valence-electron chi connectivity index (χ1n) is 5.40. The molecular formula is C12H16N2O. The molecule has 0 spiro atoms. The van der Waals surface area contributed by atoms with Gasteiger partial charge in [-0.2, -0.15) is 5.10 Å². The van der Waals surface area contributed by atoms with Gasteiger partial charge in [-0.05, 0) is 25.0 Å².